The molecule has 21 heavy (non-hydrogen) atoms. The Balaban J connectivity index is 2.03. The largest absolute Gasteiger partial charge is 0.497 e. The van der Waals surface area contributed by atoms with Crippen LogP contribution in [0.4, 0.5) is 5.69 Å². The number of rotatable bonds is 5. The molecule has 0 aliphatic rings. The lowest BCUT2D eigenvalue weighted by Crippen LogP contribution is -2.27. The highest BCUT2D eigenvalue weighted by Crippen LogP contribution is 2.19. The third kappa shape index (κ3) is 3.83. The van der Waals surface area contributed by atoms with E-state index in [2.05, 4.69) is 0 Å². The van der Waals surface area contributed by atoms with Gasteiger partial charge in [-0.25, -0.2) is 0 Å². The quantitative estimate of drug-likeness (QED) is 0.917. The summed E-state index contributed by atoms with van der Waals surface area (Å²) in [6.07, 6.45) is 0.368. The van der Waals surface area contributed by atoms with Gasteiger partial charge in [0, 0.05) is 19.3 Å². The SMILES string of the molecule is COc1ccc(N(C)C(=O)Cc2ccc(CN)cc2)cc1. The molecule has 2 aromatic carbocycles. The summed E-state index contributed by atoms with van der Waals surface area (Å²) in [6.45, 7) is 0.514. The molecule has 0 saturated carbocycles. The first-order chi connectivity index (χ1) is 10.1. The van der Waals surface area contributed by atoms with E-state index in [1.807, 2.05) is 48.5 Å². The van der Waals surface area contributed by atoms with Gasteiger partial charge in [-0.05, 0) is 35.4 Å². The predicted molar refractivity (Wildman–Crippen MR) is 84.4 cm³/mol. The molecule has 0 aromatic heterocycles. The number of benzene rings is 2. The fraction of sp³-hybridized carbons (Fsp3) is 0.235. The zero-order valence-electron chi connectivity index (χ0n) is 12.4. The first-order valence-corrected chi connectivity index (χ1v) is 6.82. The van der Waals surface area contributed by atoms with E-state index in [1.165, 1.54) is 0 Å². The van der Waals surface area contributed by atoms with E-state index in [4.69, 9.17) is 10.5 Å². The van der Waals surface area contributed by atoms with Crippen molar-refractivity contribution in [3.8, 4) is 5.75 Å². The molecule has 2 N–H and O–H groups in total. The molecule has 0 saturated heterocycles. The first kappa shape index (κ1) is 15.1. The fourth-order valence-electron chi connectivity index (χ4n) is 2.04. The number of ether oxygens (including phenoxy) is 1. The van der Waals surface area contributed by atoms with Gasteiger partial charge in [-0.2, -0.15) is 0 Å². The molecule has 2 rings (SSSR count). The van der Waals surface area contributed by atoms with Gasteiger partial charge in [0.25, 0.3) is 0 Å². The van der Waals surface area contributed by atoms with E-state index in [0.717, 1.165) is 22.6 Å². The number of methoxy groups -OCH3 is 1. The summed E-state index contributed by atoms with van der Waals surface area (Å²) >= 11 is 0. The van der Waals surface area contributed by atoms with E-state index < -0.39 is 0 Å². The number of nitrogens with zero attached hydrogens (tertiary/aromatic N) is 1. The van der Waals surface area contributed by atoms with Crippen molar-refractivity contribution in [1.29, 1.82) is 0 Å². The average Bonchev–Trinajstić information content (AvgIpc) is 2.55. The molecule has 1 amide bonds. The van der Waals surface area contributed by atoms with Crippen molar-refractivity contribution in [1.82, 2.24) is 0 Å². The topological polar surface area (TPSA) is 55.6 Å². The van der Waals surface area contributed by atoms with Crippen molar-refractivity contribution in [3.63, 3.8) is 0 Å². The summed E-state index contributed by atoms with van der Waals surface area (Å²) in [5.41, 5.74) is 8.46. The van der Waals surface area contributed by atoms with Crippen LogP contribution in [-0.4, -0.2) is 20.1 Å². The van der Waals surface area contributed by atoms with Gasteiger partial charge < -0.3 is 15.4 Å². The van der Waals surface area contributed by atoms with Crippen LogP contribution in [0.25, 0.3) is 0 Å². The third-order valence-corrected chi connectivity index (χ3v) is 3.45. The maximum atomic E-state index is 12.3. The van der Waals surface area contributed by atoms with Crippen LogP contribution in [0.3, 0.4) is 0 Å². The molecule has 0 aliphatic carbocycles. The van der Waals surface area contributed by atoms with Crippen LogP contribution >= 0.6 is 0 Å². The summed E-state index contributed by atoms with van der Waals surface area (Å²) in [5.74, 6) is 0.817. The summed E-state index contributed by atoms with van der Waals surface area (Å²) in [4.78, 5) is 13.9. The van der Waals surface area contributed by atoms with Gasteiger partial charge in [-0.15, -0.1) is 0 Å². The number of hydrogen-bond acceptors (Lipinski definition) is 3. The molecule has 0 aliphatic heterocycles. The Hall–Kier alpha value is -2.33. The van der Waals surface area contributed by atoms with E-state index in [-0.39, 0.29) is 5.91 Å². The van der Waals surface area contributed by atoms with Gasteiger partial charge in [0.1, 0.15) is 5.75 Å². The Morgan fingerprint density at radius 2 is 1.62 bits per heavy atom. The summed E-state index contributed by atoms with van der Waals surface area (Å²) in [6, 6.07) is 15.2. The number of carbonyl (C=O) groups excluding carboxylic acids is 1. The van der Waals surface area contributed by atoms with Crippen LogP contribution in [0.5, 0.6) is 5.75 Å². The van der Waals surface area contributed by atoms with Gasteiger partial charge in [-0.1, -0.05) is 24.3 Å². The lowest BCUT2D eigenvalue weighted by molar-refractivity contribution is -0.117. The normalized spacial score (nSPS) is 10.2. The molecular formula is C17H20N2O2. The smallest absolute Gasteiger partial charge is 0.231 e. The Morgan fingerprint density at radius 3 is 2.14 bits per heavy atom. The Morgan fingerprint density at radius 1 is 1.05 bits per heavy atom. The zero-order chi connectivity index (χ0) is 15.2. The summed E-state index contributed by atoms with van der Waals surface area (Å²) in [7, 11) is 3.40. The van der Waals surface area contributed by atoms with Crippen molar-refractivity contribution in [2.45, 2.75) is 13.0 Å². The molecule has 2 aromatic rings. The van der Waals surface area contributed by atoms with E-state index >= 15 is 0 Å². The molecular weight excluding hydrogens is 264 g/mol. The van der Waals surface area contributed by atoms with Crippen LogP contribution in [-0.2, 0) is 17.8 Å². The molecule has 0 atom stereocenters. The highest BCUT2D eigenvalue weighted by molar-refractivity contribution is 5.94. The van der Waals surface area contributed by atoms with E-state index in [0.29, 0.717) is 13.0 Å². The Kier molecular flexibility index (Phi) is 4.95. The average molecular weight is 284 g/mol. The minimum atomic E-state index is 0.0423. The lowest BCUT2D eigenvalue weighted by atomic mass is 10.1. The molecule has 110 valence electrons. The maximum absolute atomic E-state index is 12.3. The third-order valence-electron chi connectivity index (χ3n) is 3.45. The van der Waals surface area contributed by atoms with Crippen molar-refractivity contribution in [2.75, 3.05) is 19.1 Å². The van der Waals surface area contributed by atoms with Gasteiger partial charge in [0.2, 0.25) is 5.91 Å². The van der Waals surface area contributed by atoms with Crippen LogP contribution in [0.2, 0.25) is 0 Å². The minimum Gasteiger partial charge on any atom is -0.497 e. The predicted octanol–water partition coefficient (Wildman–Crippen LogP) is 2.36. The van der Waals surface area contributed by atoms with Crippen molar-refractivity contribution in [2.24, 2.45) is 5.73 Å². The van der Waals surface area contributed by atoms with Gasteiger partial charge in [0.15, 0.2) is 0 Å². The number of hydrogen-bond donors (Lipinski definition) is 1. The van der Waals surface area contributed by atoms with Crippen LogP contribution in [0, 0.1) is 0 Å². The van der Waals surface area contributed by atoms with Crippen molar-refractivity contribution >= 4 is 11.6 Å². The summed E-state index contributed by atoms with van der Waals surface area (Å²) < 4.78 is 5.11. The summed E-state index contributed by atoms with van der Waals surface area (Å²) in [5, 5.41) is 0. The highest BCUT2D eigenvalue weighted by atomic mass is 16.5. The monoisotopic (exact) mass is 284 g/mol. The number of amides is 1. The molecule has 0 heterocycles. The Bertz CT molecular complexity index is 591. The molecule has 0 unspecified atom stereocenters. The molecule has 0 fully saturated rings. The van der Waals surface area contributed by atoms with Crippen LogP contribution in [0.15, 0.2) is 48.5 Å². The van der Waals surface area contributed by atoms with E-state index in [9.17, 15) is 4.79 Å². The fourth-order valence-corrected chi connectivity index (χ4v) is 2.04. The number of anilines is 1. The maximum Gasteiger partial charge on any atom is 0.231 e. The Labute approximate surface area is 125 Å². The second-order valence-electron chi connectivity index (χ2n) is 4.85. The second-order valence-corrected chi connectivity index (χ2v) is 4.85. The lowest BCUT2D eigenvalue weighted by Gasteiger charge is -2.17. The molecule has 0 bridgehead atoms. The molecule has 4 nitrogen and oxygen atoms in total. The molecule has 4 heteroatoms. The minimum absolute atomic E-state index is 0.0423. The van der Waals surface area contributed by atoms with Crippen LogP contribution in [0.1, 0.15) is 11.1 Å². The second kappa shape index (κ2) is 6.90. The number of nitrogens with two attached hydrogens (primary N) is 1. The van der Waals surface area contributed by atoms with E-state index in [1.54, 1.807) is 19.1 Å². The first-order valence-electron chi connectivity index (χ1n) is 6.82. The van der Waals surface area contributed by atoms with Gasteiger partial charge >= 0.3 is 0 Å². The standard InChI is InChI=1S/C17H20N2O2/c1-19(15-7-9-16(21-2)10-8-15)17(20)11-13-3-5-14(12-18)6-4-13/h3-10H,11-12,18H2,1-2H3. The molecule has 0 radical (unpaired) electrons. The zero-order valence-corrected chi connectivity index (χ0v) is 12.4. The van der Waals surface area contributed by atoms with Gasteiger partial charge in [0.05, 0.1) is 13.5 Å². The number of likely N-dealkylation sites (N-methyl/N-ethyl adjacent to an activating group) is 1. The van der Waals surface area contributed by atoms with Crippen molar-refractivity contribution in [3.05, 3.63) is 59.7 Å². The van der Waals surface area contributed by atoms with Crippen molar-refractivity contribution < 1.29 is 9.53 Å². The van der Waals surface area contributed by atoms with Crippen LogP contribution < -0.4 is 15.4 Å². The number of carbonyl (C=O) groups is 1. The molecule has 0 spiro atoms. The highest BCUT2D eigenvalue weighted by Gasteiger charge is 2.11. The van der Waals surface area contributed by atoms with Gasteiger partial charge in [-0.3, -0.25) is 4.79 Å².